The van der Waals surface area contributed by atoms with Crippen molar-refractivity contribution in [1.29, 1.82) is 0 Å². The SMILES string of the molecule is CN(C)S(=O)(=O)c1cccc(-c2cc(C(=O)O)ccc2F)c1. The maximum absolute atomic E-state index is 14.0. The highest BCUT2D eigenvalue weighted by Crippen LogP contribution is 2.27. The Kier molecular flexibility index (Phi) is 4.30. The average Bonchev–Trinajstić information content (AvgIpc) is 2.47. The fourth-order valence-corrected chi connectivity index (χ4v) is 2.86. The number of rotatable bonds is 4. The molecule has 0 aliphatic rings. The molecule has 0 amide bonds. The first-order chi connectivity index (χ1) is 10.2. The maximum Gasteiger partial charge on any atom is 0.335 e. The van der Waals surface area contributed by atoms with Crippen molar-refractivity contribution in [3.05, 3.63) is 53.8 Å². The second-order valence-electron chi connectivity index (χ2n) is 4.82. The molecule has 0 fully saturated rings. The molecular formula is C15H14FNO4S. The van der Waals surface area contributed by atoms with E-state index in [2.05, 4.69) is 0 Å². The standard InChI is InChI=1S/C15H14FNO4S/c1-17(2)22(20,21)12-5-3-4-10(8-12)13-9-11(15(18)19)6-7-14(13)16/h3-9H,1-2H3,(H,18,19). The smallest absolute Gasteiger partial charge is 0.335 e. The van der Waals surface area contributed by atoms with E-state index < -0.39 is 21.8 Å². The fraction of sp³-hybridized carbons (Fsp3) is 0.133. The molecule has 0 atom stereocenters. The van der Waals surface area contributed by atoms with Crippen LogP contribution >= 0.6 is 0 Å². The number of hydrogen-bond acceptors (Lipinski definition) is 3. The van der Waals surface area contributed by atoms with Gasteiger partial charge in [0.2, 0.25) is 10.0 Å². The predicted octanol–water partition coefficient (Wildman–Crippen LogP) is 2.44. The molecule has 2 aromatic rings. The number of carboxylic acid groups (broad SMARTS) is 1. The quantitative estimate of drug-likeness (QED) is 0.938. The second kappa shape index (κ2) is 5.86. The molecule has 22 heavy (non-hydrogen) atoms. The topological polar surface area (TPSA) is 74.7 Å². The van der Waals surface area contributed by atoms with Crippen molar-refractivity contribution in [2.24, 2.45) is 0 Å². The number of nitrogens with zero attached hydrogens (tertiary/aromatic N) is 1. The van der Waals surface area contributed by atoms with Gasteiger partial charge in [0.25, 0.3) is 0 Å². The number of halogens is 1. The van der Waals surface area contributed by atoms with Crippen molar-refractivity contribution in [3.63, 3.8) is 0 Å². The van der Waals surface area contributed by atoms with Gasteiger partial charge in [-0.25, -0.2) is 21.9 Å². The summed E-state index contributed by atoms with van der Waals surface area (Å²) in [6.45, 7) is 0. The minimum absolute atomic E-state index is 0.00938. The predicted molar refractivity (Wildman–Crippen MR) is 79.7 cm³/mol. The van der Waals surface area contributed by atoms with Gasteiger partial charge in [-0.2, -0.15) is 0 Å². The highest BCUT2D eigenvalue weighted by atomic mass is 32.2. The number of carboxylic acids is 1. The lowest BCUT2D eigenvalue weighted by Gasteiger charge is -2.12. The van der Waals surface area contributed by atoms with Crippen LogP contribution < -0.4 is 0 Å². The number of carbonyl (C=O) groups is 1. The molecular weight excluding hydrogens is 309 g/mol. The molecule has 0 spiro atoms. The molecule has 0 unspecified atom stereocenters. The van der Waals surface area contributed by atoms with Crippen molar-refractivity contribution in [1.82, 2.24) is 4.31 Å². The molecule has 0 aliphatic heterocycles. The minimum atomic E-state index is -3.65. The third-order valence-corrected chi connectivity index (χ3v) is 4.95. The Balaban J connectivity index is 2.60. The first kappa shape index (κ1) is 16.1. The summed E-state index contributed by atoms with van der Waals surface area (Å²) >= 11 is 0. The van der Waals surface area contributed by atoms with Crippen molar-refractivity contribution in [3.8, 4) is 11.1 Å². The summed E-state index contributed by atoms with van der Waals surface area (Å²) in [5.41, 5.74) is 0.261. The Bertz CT molecular complexity index is 831. The molecule has 0 heterocycles. The highest BCUT2D eigenvalue weighted by molar-refractivity contribution is 7.89. The fourth-order valence-electron chi connectivity index (χ4n) is 1.91. The van der Waals surface area contributed by atoms with E-state index in [-0.39, 0.29) is 16.0 Å². The average molecular weight is 323 g/mol. The Morgan fingerprint density at radius 2 is 1.82 bits per heavy atom. The van der Waals surface area contributed by atoms with Crippen molar-refractivity contribution < 1.29 is 22.7 Å². The van der Waals surface area contributed by atoms with Gasteiger partial charge in [-0.05, 0) is 35.9 Å². The normalized spacial score (nSPS) is 11.6. The van der Waals surface area contributed by atoms with Crippen LogP contribution in [-0.2, 0) is 10.0 Å². The van der Waals surface area contributed by atoms with E-state index in [1.807, 2.05) is 0 Å². The van der Waals surface area contributed by atoms with Crippen LogP contribution in [0.25, 0.3) is 11.1 Å². The van der Waals surface area contributed by atoms with Gasteiger partial charge >= 0.3 is 5.97 Å². The van der Waals surface area contributed by atoms with Gasteiger partial charge in [0.1, 0.15) is 5.82 Å². The van der Waals surface area contributed by atoms with Crippen LogP contribution in [0.4, 0.5) is 4.39 Å². The molecule has 0 aliphatic carbocycles. The first-order valence-corrected chi connectivity index (χ1v) is 7.73. The third kappa shape index (κ3) is 3.00. The van der Waals surface area contributed by atoms with E-state index in [1.165, 1.54) is 44.4 Å². The number of hydrogen-bond donors (Lipinski definition) is 1. The first-order valence-electron chi connectivity index (χ1n) is 6.29. The Hall–Kier alpha value is -2.25. The van der Waals surface area contributed by atoms with E-state index in [9.17, 15) is 17.6 Å². The largest absolute Gasteiger partial charge is 0.478 e. The van der Waals surface area contributed by atoms with Crippen LogP contribution in [0.3, 0.4) is 0 Å². The van der Waals surface area contributed by atoms with Gasteiger partial charge < -0.3 is 5.11 Å². The molecule has 0 radical (unpaired) electrons. The molecule has 0 bridgehead atoms. The van der Waals surface area contributed by atoms with E-state index >= 15 is 0 Å². The molecule has 2 aromatic carbocycles. The van der Waals surface area contributed by atoms with Gasteiger partial charge in [0.15, 0.2) is 0 Å². The molecule has 1 N–H and O–H groups in total. The van der Waals surface area contributed by atoms with E-state index in [1.54, 1.807) is 0 Å². The van der Waals surface area contributed by atoms with Crippen LogP contribution in [0.1, 0.15) is 10.4 Å². The van der Waals surface area contributed by atoms with Gasteiger partial charge in [0, 0.05) is 19.7 Å². The minimum Gasteiger partial charge on any atom is -0.478 e. The van der Waals surface area contributed by atoms with Crippen LogP contribution in [0.2, 0.25) is 0 Å². The summed E-state index contributed by atoms with van der Waals surface area (Å²) in [7, 11) is -0.859. The lowest BCUT2D eigenvalue weighted by Crippen LogP contribution is -2.22. The summed E-state index contributed by atoms with van der Waals surface area (Å²) in [6.07, 6.45) is 0. The van der Waals surface area contributed by atoms with Crippen LogP contribution in [0, 0.1) is 5.82 Å². The van der Waals surface area contributed by atoms with Crippen molar-refractivity contribution in [2.75, 3.05) is 14.1 Å². The number of benzene rings is 2. The van der Waals surface area contributed by atoms with E-state index in [0.29, 0.717) is 5.56 Å². The van der Waals surface area contributed by atoms with Gasteiger partial charge in [-0.1, -0.05) is 12.1 Å². The Morgan fingerprint density at radius 1 is 1.14 bits per heavy atom. The summed E-state index contributed by atoms with van der Waals surface area (Å²) in [6, 6.07) is 9.11. The number of aromatic carboxylic acids is 1. The van der Waals surface area contributed by atoms with E-state index in [0.717, 1.165) is 16.4 Å². The molecule has 116 valence electrons. The van der Waals surface area contributed by atoms with Crippen LogP contribution in [0.15, 0.2) is 47.4 Å². The third-order valence-electron chi connectivity index (χ3n) is 3.14. The summed E-state index contributed by atoms with van der Waals surface area (Å²) in [5, 5.41) is 8.98. The lowest BCUT2D eigenvalue weighted by atomic mass is 10.0. The number of sulfonamides is 1. The highest BCUT2D eigenvalue weighted by Gasteiger charge is 2.18. The molecule has 2 rings (SSSR count). The molecule has 5 nitrogen and oxygen atoms in total. The summed E-state index contributed by atoms with van der Waals surface area (Å²) in [4.78, 5) is 11.0. The molecule has 0 saturated heterocycles. The Morgan fingerprint density at radius 3 is 2.41 bits per heavy atom. The summed E-state index contributed by atoms with van der Waals surface area (Å²) in [5.74, 6) is -1.80. The maximum atomic E-state index is 14.0. The molecule has 0 saturated carbocycles. The zero-order valence-electron chi connectivity index (χ0n) is 11.9. The molecule has 7 heteroatoms. The monoisotopic (exact) mass is 323 g/mol. The van der Waals surface area contributed by atoms with Crippen molar-refractivity contribution in [2.45, 2.75) is 4.90 Å². The summed E-state index contributed by atoms with van der Waals surface area (Å²) < 4.78 is 39.2. The van der Waals surface area contributed by atoms with Crippen LogP contribution in [0.5, 0.6) is 0 Å². The van der Waals surface area contributed by atoms with E-state index in [4.69, 9.17) is 5.11 Å². The lowest BCUT2D eigenvalue weighted by molar-refractivity contribution is 0.0697. The van der Waals surface area contributed by atoms with Crippen LogP contribution in [-0.4, -0.2) is 37.9 Å². The Labute approximate surface area is 127 Å². The second-order valence-corrected chi connectivity index (χ2v) is 6.97. The van der Waals surface area contributed by atoms with Gasteiger partial charge in [0.05, 0.1) is 10.5 Å². The molecule has 0 aromatic heterocycles. The van der Waals surface area contributed by atoms with Gasteiger partial charge in [-0.3, -0.25) is 0 Å². The zero-order valence-corrected chi connectivity index (χ0v) is 12.8. The zero-order chi connectivity index (χ0) is 16.5. The van der Waals surface area contributed by atoms with Crippen molar-refractivity contribution >= 4 is 16.0 Å². The van der Waals surface area contributed by atoms with Gasteiger partial charge in [-0.15, -0.1) is 0 Å².